The van der Waals surface area contributed by atoms with Crippen LogP contribution in [0.5, 0.6) is 5.75 Å². The lowest BCUT2D eigenvalue weighted by atomic mass is 10.1. The number of hydrogen-bond donors (Lipinski definition) is 0. The molecular weight excluding hydrogens is 286 g/mol. The lowest BCUT2D eigenvalue weighted by Gasteiger charge is -2.09. The van der Waals surface area contributed by atoms with E-state index in [1.807, 2.05) is 6.07 Å². The first kappa shape index (κ1) is 14.3. The van der Waals surface area contributed by atoms with Crippen LogP contribution in [0.2, 0.25) is 0 Å². The van der Waals surface area contributed by atoms with Crippen molar-refractivity contribution in [3.63, 3.8) is 0 Å². The van der Waals surface area contributed by atoms with Gasteiger partial charge in [0, 0.05) is 11.8 Å². The molecule has 1 aromatic heterocycles. The Morgan fingerprint density at radius 2 is 1.82 bits per heavy atom. The largest absolute Gasteiger partial charge is 0.494 e. The van der Waals surface area contributed by atoms with E-state index < -0.39 is 5.82 Å². The molecule has 0 aliphatic heterocycles. The molecule has 5 heteroatoms. The van der Waals surface area contributed by atoms with Gasteiger partial charge in [0.05, 0.1) is 19.3 Å². The number of aromatic nitrogens is 2. The highest BCUT2D eigenvalue weighted by atomic mass is 19.1. The Hall–Kier alpha value is -2.69. The number of ether oxygens (including phenoxy) is 1. The zero-order valence-electron chi connectivity index (χ0n) is 12.0. The highest BCUT2D eigenvalue weighted by Gasteiger charge is 2.10. The van der Waals surface area contributed by atoms with Crippen molar-refractivity contribution < 1.29 is 13.5 Å². The molecule has 0 spiro atoms. The van der Waals surface area contributed by atoms with Crippen LogP contribution in [-0.4, -0.2) is 16.9 Å². The summed E-state index contributed by atoms with van der Waals surface area (Å²) in [4.78, 5) is 0. The maximum atomic E-state index is 13.8. The summed E-state index contributed by atoms with van der Waals surface area (Å²) >= 11 is 0. The van der Waals surface area contributed by atoms with Gasteiger partial charge >= 0.3 is 0 Å². The van der Waals surface area contributed by atoms with Crippen LogP contribution in [0.15, 0.2) is 54.7 Å². The molecule has 112 valence electrons. The number of nitrogens with zero attached hydrogens (tertiary/aromatic N) is 2. The van der Waals surface area contributed by atoms with Crippen molar-refractivity contribution in [1.29, 1.82) is 0 Å². The summed E-state index contributed by atoms with van der Waals surface area (Å²) in [5.74, 6) is -0.496. The van der Waals surface area contributed by atoms with Gasteiger partial charge in [0.25, 0.3) is 0 Å². The number of methoxy groups -OCH3 is 1. The van der Waals surface area contributed by atoms with Crippen LogP contribution in [0.25, 0.3) is 11.3 Å². The molecule has 0 radical (unpaired) electrons. The van der Waals surface area contributed by atoms with E-state index in [9.17, 15) is 8.78 Å². The van der Waals surface area contributed by atoms with Gasteiger partial charge in [0.1, 0.15) is 5.82 Å². The summed E-state index contributed by atoms with van der Waals surface area (Å²) in [5, 5.41) is 4.25. The molecule has 0 fully saturated rings. The summed E-state index contributed by atoms with van der Waals surface area (Å²) in [7, 11) is 1.43. The molecule has 0 unspecified atom stereocenters. The van der Waals surface area contributed by atoms with Crippen LogP contribution >= 0.6 is 0 Å². The van der Waals surface area contributed by atoms with Crippen LogP contribution in [0.1, 0.15) is 5.56 Å². The van der Waals surface area contributed by atoms with Crippen molar-refractivity contribution in [2.24, 2.45) is 0 Å². The maximum Gasteiger partial charge on any atom is 0.165 e. The summed E-state index contributed by atoms with van der Waals surface area (Å²) in [6, 6.07) is 12.8. The van der Waals surface area contributed by atoms with Gasteiger partial charge in [-0.2, -0.15) is 5.10 Å². The molecule has 3 nitrogen and oxygen atoms in total. The van der Waals surface area contributed by atoms with Crippen molar-refractivity contribution in [2.45, 2.75) is 6.54 Å². The summed E-state index contributed by atoms with van der Waals surface area (Å²) < 4.78 is 33.5. The van der Waals surface area contributed by atoms with Gasteiger partial charge < -0.3 is 4.74 Å². The first-order chi connectivity index (χ1) is 10.7. The smallest absolute Gasteiger partial charge is 0.165 e. The average Bonchev–Trinajstić information content (AvgIpc) is 2.97. The van der Waals surface area contributed by atoms with Gasteiger partial charge in [0.2, 0.25) is 0 Å². The van der Waals surface area contributed by atoms with Gasteiger partial charge in [0.15, 0.2) is 11.6 Å². The van der Waals surface area contributed by atoms with E-state index in [-0.39, 0.29) is 11.6 Å². The molecule has 0 bridgehead atoms. The fourth-order valence-electron chi connectivity index (χ4n) is 2.29. The molecule has 0 aliphatic carbocycles. The SMILES string of the molecule is COc1ccc(-c2ccnn2Cc2ccc(F)cc2)cc1F. The minimum atomic E-state index is -0.422. The second kappa shape index (κ2) is 5.97. The minimum absolute atomic E-state index is 0.202. The first-order valence-electron chi connectivity index (χ1n) is 6.77. The van der Waals surface area contributed by atoms with E-state index >= 15 is 0 Å². The molecule has 0 aliphatic rings. The Labute approximate surface area is 126 Å². The Balaban J connectivity index is 1.91. The average molecular weight is 300 g/mol. The van der Waals surface area contributed by atoms with E-state index in [0.29, 0.717) is 12.1 Å². The quantitative estimate of drug-likeness (QED) is 0.731. The molecule has 1 heterocycles. The minimum Gasteiger partial charge on any atom is -0.494 e. The van der Waals surface area contributed by atoms with E-state index in [1.165, 1.54) is 25.3 Å². The third-order valence-corrected chi connectivity index (χ3v) is 3.41. The molecular formula is C17H14F2N2O. The second-order valence-electron chi connectivity index (χ2n) is 4.85. The van der Waals surface area contributed by atoms with Crippen molar-refractivity contribution >= 4 is 0 Å². The molecule has 2 aromatic carbocycles. The number of halogens is 2. The lowest BCUT2D eigenvalue weighted by Crippen LogP contribution is -2.04. The van der Waals surface area contributed by atoms with E-state index in [4.69, 9.17) is 4.74 Å². The number of rotatable bonds is 4. The predicted octanol–water partition coefficient (Wildman–Crippen LogP) is 3.89. The van der Waals surface area contributed by atoms with Crippen molar-refractivity contribution in [3.8, 4) is 17.0 Å². The molecule has 3 rings (SSSR count). The summed E-state index contributed by atoms with van der Waals surface area (Å²) in [6.07, 6.45) is 1.65. The summed E-state index contributed by atoms with van der Waals surface area (Å²) in [6.45, 7) is 0.482. The topological polar surface area (TPSA) is 27.1 Å². The van der Waals surface area contributed by atoms with Crippen molar-refractivity contribution in [3.05, 3.63) is 71.9 Å². The van der Waals surface area contributed by atoms with Gasteiger partial charge in [-0.25, -0.2) is 8.78 Å². The third kappa shape index (κ3) is 2.83. The van der Waals surface area contributed by atoms with Gasteiger partial charge in [-0.15, -0.1) is 0 Å². The molecule has 22 heavy (non-hydrogen) atoms. The Bertz CT molecular complexity index is 782. The highest BCUT2D eigenvalue weighted by molar-refractivity contribution is 5.60. The highest BCUT2D eigenvalue weighted by Crippen LogP contribution is 2.25. The van der Waals surface area contributed by atoms with Crippen molar-refractivity contribution in [2.75, 3.05) is 7.11 Å². The lowest BCUT2D eigenvalue weighted by molar-refractivity contribution is 0.386. The van der Waals surface area contributed by atoms with Crippen LogP contribution in [-0.2, 0) is 6.54 Å². The first-order valence-corrected chi connectivity index (χ1v) is 6.77. The molecule has 3 aromatic rings. The van der Waals surface area contributed by atoms with Crippen molar-refractivity contribution in [1.82, 2.24) is 9.78 Å². The van der Waals surface area contributed by atoms with Crippen LogP contribution in [0.3, 0.4) is 0 Å². The van der Waals surface area contributed by atoms with Gasteiger partial charge in [-0.1, -0.05) is 12.1 Å². The van der Waals surface area contributed by atoms with Crippen LogP contribution in [0.4, 0.5) is 8.78 Å². The maximum absolute atomic E-state index is 13.8. The van der Waals surface area contributed by atoms with Crippen LogP contribution < -0.4 is 4.74 Å². The molecule has 0 N–H and O–H groups in total. The van der Waals surface area contributed by atoms with Gasteiger partial charge in [-0.05, 0) is 42.0 Å². The van der Waals surface area contributed by atoms with E-state index in [1.54, 1.807) is 35.1 Å². The zero-order valence-corrected chi connectivity index (χ0v) is 12.0. The molecule has 0 atom stereocenters. The number of benzene rings is 2. The second-order valence-corrected chi connectivity index (χ2v) is 4.85. The Morgan fingerprint density at radius 3 is 2.50 bits per heavy atom. The molecule has 0 amide bonds. The van der Waals surface area contributed by atoms with Crippen LogP contribution in [0, 0.1) is 11.6 Å². The fraction of sp³-hybridized carbons (Fsp3) is 0.118. The summed E-state index contributed by atoms with van der Waals surface area (Å²) in [5.41, 5.74) is 2.41. The predicted molar refractivity (Wildman–Crippen MR) is 79.7 cm³/mol. The van der Waals surface area contributed by atoms with E-state index in [0.717, 1.165) is 11.3 Å². The third-order valence-electron chi connectivity index (χ3n) is 3.41. The molecule has 0 saturated heterocycles. The van der Waals surface area contributed by atoms with Gasteiger partial charge in [-0.3, -0.25) is 4.68 Å². The Morgan fingerprint density at radius 1 is 1.05 bits per heavy atom. The fourth-order valence-corrected chi connectivity index (χ4v) is 2.29. The number of hydrogen-bond acceptors (Lipinski definition) is 2. The van der Waals surface area contributed by atoms with E-state index in [2.05, 4.69) is 5.10 Å². The Kier molecular flexibility index (Phi) is 3.87. The normalized spacial score (nSPS) is 10.7. The standard InChI is InChI=1S/C17H14F2N2O/c1-22-17-7-4-13(10-15(17)19)16-8-9-20-21(16)11-12-2-5-14(18)6-3-12/h2-10H,11H2,1H3. The zero-order chi connectivity index (χ0) is 15.5. The monoisotopic (exact) mass is 300 g/mol. The molecule has 0 saturated carbocycles.